The molecular formula is C18H25N3O2. The fourth-order valence-corrected chi connectivity index (χ4v) is 3.77. The van der Waals surface area contributed by atoms with Gasteiger partial charge >= 0.3 is 6.03 Å². The lowest BCUT2D eigenvalue weighted by Gasteiger charge is -2.30. The fourth-order valence-electron chi connectivity index (χ4n) is 3.77. The van der Waals surface area contributed by atoms with E-state index in [1.807, 2.05) is 39.9 Å². The van der Waals surface area contributed by atoms with Gasteiger partial charge in [0.25, 0.3) is 0 Å². The largest absolute Gasteiger partial charge is 0.343 e. The number of nitrogens with zero attached hydrogens (tertiary/aromatic N) is 3. The summed E-state index contributed by atoms with van der Waals surface area (Å²) >= 11 is 0. The van der Waals surface area contributed by atoms with Crippen LogP contribution in [0.2, 0.25) is 0 Å². The molecule has 0 saturated carbocycles. The number of amides is 3. The second-order valence-electron chi connectivity index (χ2n) is 6.83. The maximum atomic E-state index is 12.9. The normalized spacial score (nSPS) is 23.1. The van der Waals surface area contributed by atoms with Crippen LogP contribution in [-0.2, 0) is 11.2 Å². The molecular weight excluding hydrogens is 290 g/mol. The van der Waals surface area contributed by atoms with Crippen LogP contribution >= 0.6 is 0 Å². The number of carbonyl (C=O) groups is 2. The van der Waals surface area contributed by atoms with Crippen LogP contribution in [0.25, 0.3) is 0 Å². The molecule has 0 aliphatic carbocycles. The van der Waals surface area contributed by atoms with Crippen molar-refractivity contribution in [2.24, 2.45) is 5.92 Å². The molecule has 3 amide bonds. The molecule has 2 heterocycles. The highest BCUT2D eigenvalue weighted by molar-refractivity contribution is 5.94. The second-order valence-corrected chi connectivity index (χ2v) is 6.83. The standard InChI is InChI=1S/C18H25N3O2/c1-13-10-16-6-4-5-7-17(16)21(13)18(23)19(3)11-15-8-9-20(12-15)14(2)22/h4-7,13,15H,8-12H2,1-3H3. The van der Waals surface area contributed by atoms with Crippen molar-refractivity contribution in [3.63, 3.8) is 0 Å². The summed E-state index contributed by atoms with van der Waals surface area (Å²) in [6.07, 6.45) is 1.89. The quantitative estimate of drug-likeness (QED) is 0.841. The smallest absolute Gasteiger partial charge is 0.324 e. The van der Waals surface area contributed by atoms with E-state index in [0.29, 0.717) is 12.5 Å². The number of para-hydroxylation sites is 1. The number of hydrogen-bond acceptors (Lipinski definition) is 2. The number of urea groups is 1. The minimum atomic E-state index is 0.0590. The van der Waals surface area contributed by atoms with Gasteiger partial charge in [0.15, 0.2) is 0 Å². The van der Waals surface area contributed by atoms with Crippen molar-refractivity contribution in [3.8, 4) is 0 Å². The molecule has 1 aromatic rings. The van der Waals surface area contributed by atoms with Crippen molar-refractivity contribution < 1.29 is 9.59 Å². The first-order chi connectivity index (χ1) is 11.0. The molecule has 3 rings (SSSR count). The molecule has 5 nitrogen and oxygen atoms in total. The summed E-state index contributed by atoms with van der Waals surface area (Å²) in [4.78, 5) is 29.9. The Morgan fingerprint density at radius 2 is 2.04 bits per heavy atom. The summed E-state index contributed by atoms with van der Waals surface area (Å²) in [6.45, 7) is 5.98. The van der Waals surface area contributed by atoms with Gasteiger partial charge in [0.05, 0.1) is 0 Å². The molecule has 5 heteroatoms. The van der Waals surface area contributed by atoms with Crippen molar-refractivity contribution in [3.05, 3.63) is 29.8 Å². The second kappa shape index (κ2) is 6.22. The van der Waals surface area contributed by atoms with Gasteiger partial charge in [-0.2, -0.15) is 0 Å². The third-order valence-electron chi connectivity index (χ3n) is 5.00. The molecule has 1 saturated heterocycles. The molecule has 1 aromatic carbocycles. The highest BCUT2D eigenvalue weighted by Gasteiger charge is 2.34. The van der Waals surface area contributed by atoms with E-state index in [2.05, 4.69) is 13.0 Å². The van der Waals surface area contributed by atoms with Gasteiger partial charge in [0.2, 0.25) is 5.91 Å². The molecule has 0 bridgehead atoms. The zero-order chi connectivity index (χ0) is 16.6. The zero-order valence-corrected chi connectivity index (χ0v) is 14.2. The van der Waals surface area contributed by atoms with Crippen molar-refractivity contribution in [1.29, 1.82) is 0 Å². The van der Waals surface area contributed by atoms with Crippen molar-refractivity contribution >= 4 is 17.6 Å². The average Bonchev–Trinajstić information content (AvgIpc) is 3.10. The first-order valence-corrected chi connectivity index (χ1v) is 8.35. The number of fused-ring (bicyclic) bond motifs is 1. The lowest BCUT2D eigenvalue weighted by Crippen LogP contribution is -2.46. The number of likely N-dealkylation sites (tertiary alicyclic amines) is 1. The number of benzene rings is 1. The molecule has 1 fully saturated rings. The third kappa shape index (κ3) is 3.05. The van der Waals surface area contributed by atoms with Gasteiger partial charge in [-0.1, -0.05) is 18.2 Å². The Hall–Kier alpha value is -2.04. The highest BCUT2D eigenvalue weighted by Crippen LogP contribution is 2.32. The monoisotopic (exact) mass is 315 g/mol. The summed E-state index contributed by atoms with van der Waals surface area (Å²) < 4.78 is 0. The van der Waals surface area contributed by atoms with Crippen LogP contribution in [0.4, 0.5) is 10.5 Å². The van der Waals surface area contributed by atoms with Gasteiger partial charge in [0, 0.05) is 45.3 Å². The van der Waals surface area contributed by atoms with Gasteiger partial charge in [0.1, 0.15) is 0 Å². The van der Waals surface area contributed by atoms with E-state index in [1.165, 1.54) is 5.56 Å². The number of anilines is 1. The number of rotatable bonds is 2. The van der Waals surface area contributed by atoms with E-state index in [1.54, 1.807) is 6.92 Å². The van der Waals surface area contributed by atoms with Crippen LogP contribution < -0.4 is 4.90 Å². The minimum absolute atomic E-state index is 0.0590. The highest BCUT2D eigenvalue weighted by atomic mass is 16.2. The Morgan fingerprint density at radius 3 is 2.74 bits per heavy atom. The number of hydrogen-bond donors (Lipinski definition) is 0. The predicted octanol–water partition coefficient (Wildman–Crippen LogP) is 2.36. The van der Waals surface area contributed by atoms with E-state index in [0.717, 1.165) is 31.6 Å². The summed E-state index contributed by atoms with van der Waals surface area (Å²) in [6, 6.07) is 8.39. The summed E-state index contributed by atoms with van der Waals surface area (Å²) in [5.74, 6) is 0.504. The molecule has 23 heavy (non-hydrogen) atoms. The van der Waals surface area contributed by atoms with Crippen LogP contribution in [-0.4, -0.2) is 54.5 Å². The molecule has 2 atom stereocenters. The Balaban J connectivity index is 1.65. The van der Waals surface area contributed by atoms with Crippen molar-refractivity contribution in [2.75, 3.05) is 31.6 Å². The average molecular weight is 315 g/mol. The number of carbonyl (C=O) groups excluding carboxylic acids is 2. The zero-order valence-electron chi connectivity index (χ0n) is 14.2. The predicted molar refractivity (Wildman–Crippen MR) is 90.5 cm³/mol. The molecule has 2 unspecified atom stereocenters. The lowest BCUT2D eigenvalue weighted by atomic mass is 10.1. The minimum Gasteiger partial charge on any atom is -0.343 e. The molecule has 2 aliphatic heterocycles. The third-order valence-corrected chi connectivity index (χ3v) is 5.00. The fraction of sp³-hybridized carbons (Fsp3) is 0.556. The first-order valence-electron chi connectivity index (χ1n) is 8.35. The van der Waals surface area contributed by atoms with E-state index >= 15 is 0 Å². The Labute approximate surface area is 137 Å². The molecule has 0 aromatic heterocycles. The topological polar surface area (TPSA) is 43.9 Å². The van der Waals surface area contributed by atoms with Crippen LogP contribution in [0.3, 0.4) is 0 Å². The van der Waals surface area contributed by atoms with Gasteiger partial charge in [-0.15, -0.1) is 0 Å². The maximum Gasteiger partial charge on any atom is 0.324 e. The Morgan fingerprint density at radius 1 is 1.30 bits per heavy atom. The Kier molecular flexibility index (Phi) is 4.28. The van der Waals surface area contributed by atoms with E-state index in [-0.39, 0.29) is 18.0 Å². The van der Waals surface area contributed by atoms with Crippen LogP contribution in [0.15, 0.2) is 24.3 Å². The summed E-state index contributed by atoms with van der Waals surface area (Å²) in [5.41, 5.74) is 2.28. The summed E-state index contributed by atoms with van der Waals surface area (Å²) in [5, 5.41) is 0. The van der Waals surface area contributed by atoms with Crippen molar-refractivity contribution in [1.82, 2.24) is 9.80 Å². The molecule has 0 radical (unpaired) electrons. The van der Waals surface area contributed by atoms with Crippen molar-refractivity contribution in [2.45, 2.75) is 32.7 Å². The SMILES string of the molecule is CC(=O)N1CCC(CN(C)C(=O)N2c3ccccc3CC2C)C1. The lowest BCUT2D eigenvalue weighted by molar-refractivity contribution is -0.127. The van der Waals surface area contributed by atoms with Gasteiger partial charge in [-0.05, 0) is 37.3 Å². The van der Waals surface area contributed by atoms with E-state index in [9.17, 15) is 9.59 Å². The molecule has 124 valence electrons. The molecule has 0 spiro atoms. The van der Waals surface area contributed by atoms with Gasteiger partial charge < -0.3 is 9.80 Å². The van der Waals surface area contributed by atoms with E-state index in [4.69, 9.17) is 0 Å². The van der Waals surface area contributed by atoms with Gasteiger partial charge in [-0.3, -0.25) is 9.69 Å². The van der Waals surface area contributed by atoms with Crippen LogP contribution in [0.5, 0.6) is 0 Å². The summed E-state index contributed by atoms with van der Waals surface area (Å²) in [7, 11) is 1.87. The Bertz CT molecular complexity index is 616. The van der Waals surface area contributed by atoms with E-state index < -0.39 is 0 Å². The molecule has 2 aliphatic rings. The van der Waals surface area contributed by atoms with Crippen LogP contribution in [0.1, 0.15) is 25.8 Å². The van der Waals surface area contributed by atoms with Gasteiger partial charge in [-0.25, -0.2) is 4.79 Å². The first kappa shape index (κ1) is 15.8. The van der Waals surface area contributed by atoms with Crippen LogP contribution in [0, 0.1) is 5.92 Å². The molecule has 0 N–H and O–H groups in total. The maximum absolute atomic E-state index is 12.9.